The lowest BCUT2D eigenvalue weighted by Crippen LogP contribution is -2.33. The number of carbonyl (C=O) groups excluding carboxylic acids is 1. The molecule has 2 heteroatoms. The molecule has 0 aromatic heterocycles. The normalized spacial score (nSPS) is 48.0. The SMILES string of the molecule is CC(=O)C1=C[C@H](C)C[C@H]2CC(C)(C)[C@@H]3O[C@]123. The quantitative estimate of drug-likeness (QED) is 0.636. The summed E-state index contributed by atoms with van der Waals surface area (Å²) in [6.45, 7) is 8.43. The molecule has 3 aliphatic rings. The van der Waals surface area contributed by atoms with Gasteiger partial charge >= 0.3 is 0 Å². The Morgan fingerprint density at radius 3 is 2.75 bits per heavy atom. The van der Waals surface area contributed by atoms with Gasteiger partial charge in [-0.25, -0.2) is 0 Å². The van der Waals surface area contributed by atoms with Gasteiger partial charge in [-0.05, 0) is 37.0 Å². The lowest BCUT2D eigenvalue weighted by atomic mass is 9.74. The third-order valence-corrected chi connectivity index (χ3v) is 4.64. The summed E-state index contributed by atoms with van der Waals surface area (Å²) in [6.07, 6.45) is 4.82. The highest BCUT2D eigenvalue weighted by Crippen LogP contribution is 2.68. The van der Waals surface area contributed by atoms with Crippen molar-refractivity contribution in [2.45, 2.75) is 52.2 Å². The monoisotopic (exact) mass is 220 g/mol. The second-order valence-corrected chi connectivity index (χ2v) is 6.53. The smallest absolute Gasteiger partial charge is 0.158 e. The largest absolute Gasteiger partial charge is 0.360 e. The minimum Gasteiger partial charge on any atom is -0.360 e. The van der Waals surface area contributed by atoms with Gasteiger partial charge in [0.25, 0.3) is 0 Å². The van der Waals surface area contributed by atoms with Gasteiger partial charge in [0.05, 0.1) is 6.10 Å². The van der Waals surface area contributed by atoms with Gasteiger partial charge in [-0.2, -0.15) is 0 Å². The number of rotatable bonds is 1. The number of Topliss-reactive ketones (excluding diaryl/α,β-unsaturated/α-hetero) is 1. The van der Waals surface area contributed by atoms with Crippen molar-refractivity contribution in [1.29, 1.82) is 0 Å². The molecule has 2 nitrogen and oxygen atoms in total. The van der Waals surface area contributed by atoms with E-state index in [-0.39, 0.29) is 22.9 Å². The van der Waals surface area contributed by atoms with Crippen LogP contribution < -0.4 is 0 Å². The summed E-state index contributed by atoms with van der Waals surface area (Å²) >= 11 is 0. The van der Waals surface area contributed by atoms with E-state index in [1.54, 1.807) is 6.92 Å². The Morgan fingerprint density at radius 2 is 2.19 bits per heavy atom. The van der Waals surface area contributed by atoms with Gasteiger partial charge in [-0.15, -0.1) is 0 Å². The van der Waals surface area contributed by atoms with Crippen LogP contribution in [0.3, 0.4) is 0 Å². The van der Waals surface area contributed by atoms with Gasteiger partial charge in [0.1, 0.15) is 5.60 Å². The Morgan fingerprint density at radius 1 is 1.50 bits per heavy atom. The molecule has 1 saturated heterocycles. The van der Waals surface area contributed by atoms with Crippen molar-refractivity contribution in [3.63, 3.8) is 0 Å². The van der Waals surface area contributed by atoms with Gasteiger partial charge in [0.15, 0.2) is 5.78 Å². The van der Waals surface area contributed by atoms with Crippen LogP contribution in [0.2, 0.25) is 0 Å². The average molecular weight is 220 g/mol. The fourth-order valence-corrected chi connectivity index (χ4v) is 4.11. The molecule has 0 N–H and O–H groups in total. The molecular formula is C14H20O2. The lowest BCUT2D eigenvalue weighted by Gasteiger charge is -2.30. The van der Waals surface area contributed by atoms with E-state index in [0.29, 0.717) is 11.8 Å². The van der Waals surface area contributed by atoms with Crippen LogP contribution in [-0.4, -0.2) is 17.5 Å². The van der Waals surface area contributed by atoms with E-state index >= 15 is 0 Å². The maximum atomic E-state index is 11.8. The van der Waals surface area contributed by atoms with Crippen LogP contribution in [0, 0.1) is 17.3 Å². The lowest BCUT2D eigenvalue weighted by molar-refractivity contribution is -0.114. The van der Waals surface area contributed by atoms with Crippen molar-refractivity contribution in [3.8, 4) is 0 Å². The highest BCUT2D eigenvalue weighted by molar-refractivity contribution is 5.96. The first-order valence-corrected chi connectivity index (χ1v) is 6.29. The number of allylic oxidation sites excluding steroid dienone is 1. The predicted octanol–water partition coefficient (Wildman–Crippen LogP) is 2.73. The van der Waals surface area contributed by atoms with E-state index in [1.807, 2.05) is 0 Å². The molecule has 0 unspecified atom stereocenters. The van der Waals surface area contributed by atoms with Gasteiger partial charge in [-0.1, -0.05) is 26.8 Å². The third-order valence-electron chi connectivity index (χ3n) is 4.64. The van der Waals surface area contributed by atoms with Crippen LogP contribution in [0.4, 0.5) is 0 Å². The Labute approximate surface area is 97.1 Å². The molecule has 0 aromatic rings. The summed E-state index contributed by atoms with van der Waals surface area (Å²) in [6, 6.07) is 0. The highest BCUT2D eigenvalue weighted by Gasteiger charge is 2.75. The fourth-order valence-electron chi connectivity index (χ4n) is 4.11. The van der Waals surface area contributed by atoms with Crippen LogP contribution in [0.1, 0.15) is 40.5 Å². The number of carbonyl (C=O) groups is 1. The highest BCUT2D eigenvalue weighted by atomic mass is 16.6. The van der Waals surface area contributed by atoms with Gasteiger partial charge < -0.3 is 4.74 Å². The summed E-state index contributed by atoms with van der Waals surface area (Å²) in [5.41, 5.74) is 1.03. The Bertz CT molecular complexity index is 394. The third kappa shape index (κ3) is 1.09. The van der Waals surface area contributed by atoms with Gasteiger partial charge in [0, 0.05) is 5.57 Å². The van der Waals surface area contributed by atoms with Crippen molar-refractivity contribution < 1.29 is 9.53 Å². The van der Waals surface area contributed by atoms with Crippen LogP contribution in [0.15, 0.2) is 11.6 Å². The molecule has 16 heavy (non-hydrogen) atoms. The molecule has 1 aliphatic heterocycles. The van der Waals surface area contributed by atoms with Crippen LogP contribution in [0.25, 0.3) is 0 Å². The second-order valence-electron chi connectivity index (χ2n) is 6.53. The van der Waals surface area contributed by atoms with E-state index in [9.17, 15) is 4.79 Å². The molecule has 4 atom stereocenters. The molecule has 0 radical (unpaired) electrons. The van der Waals surface area contributed by atoms with Crippen molar-refractivity contribution in [3.05, 3.63) is 11.6 Å². The van der Waals surface area contributed by atoms with Gasteiger partial charge in [0.2, 0.25) is 0 Å². The molecule has 1 saturated carbocycles. The maximum absolute atomic E-state index is 11.8. The molecule has 88 valence electrons. The van der Waals surface area contributed by atoms with Crippen molar-refractivity contribution in [2.75, 3.05) is 0 Å². The fraction of sp³-hybridized carbons (Fsp3) is 0.786. The zero-order chi connectivity index (χ0) is 11.7. The first kappa shape index (κ1) is 10.5. The number of hydrogen-bond acceptors (Lipinski definition) is 2. The summed E-state index contributed by atoms with van der Waals surface area (Å²) in [7, 11) is 0. The van der Waals surface area contributed by atoms with Crippen LogP contribution >= 0.6 is 0 Å². The van der Waals surface area contributed by atoms with Crippen molar-refractivity contribution >= 4 is 5.78 Å². The number of ether oxygens (including phenoxy) is 1. The Kier molecular flexibility index (Phi) is 1.83. The molecule has 3 rings (SSSR count). The number of epoxide rings is 1. The summed E-state index contributed by atoms with van der Waals surface area (Å²) in [5, 5.41) is 0. The molecular weight excluding hydrogens is 200 g/mol. The standard InChI is InChI=1S/C14H20O2/c1-8-5-10-7-13(3,4)12-14(10,16-12)11(6-8)9(2)15/h6,8,10,12H,5,7H2,1-4H3/t8-,10+,12+,14+/m1/s1. The number of ketones is 1. The average Bonchev–Trinajstić information content (AvgIpc) is 2.82. The van der Waals surface area contributed by atoms with E-state index in [2.05, 4.69) is 26.8 Å². The summed E-state index contributed by atoms with van der Waals surface area (Å²) in [4.78, 5) is 11.8. The molecule has 2 fully saturated rings. The maximum Gasteiger partial charge on any atom is 0.158 e. The first-order valence-electron chi connectivity index (χ1n) is 6.29. The first-order chi connectivity index (χ1) is 7.38. The zero-order valence-corrected chi connectivity index (χ0v) is 10.5. The second kappa shape index (κ2) is 2.79. The summed E-state index contributed by atoms with van der Waals surface area (Å²) in [5.74, 6) is 1.29. The molecule has 0 aromatic carbocycles. The van der Waals surface area contributed by atoms with E-state index in [1.165, 1.54) is 12.8 Å². The minimum atomic E-state index is -0.179. The topological polar surface area (TPSA) is 29.6 Å². The molecule has 1 heterocycles. The van der Waals surface area contributed by atoms with E-state index < -0.39 is 0 Å². The molecule has 1 spiro atoms. The Hall–Kier alpha value is -0.630. The van der Waals surface area contributed by atoms with Crippen molar-refractivity contribution in [1.82, 2.24) is 0 Å². The zero-order valence-electron chi connectivity index (χ0n) is 10.5. The molecule has 2 aliphatic carbocycles. The predicted molar refractivity (Wildman–Crippen MR) is 62.0 cm³/mol. The van der Waals surface area contributed by atoms with Gasteiger partial charge in [-0.3, -0.25) is 4.79 Å². The van der Waals surface area contributed by atoms with Crippen LogP contribution in [0.5, 0.6) is 0 Å². The summed E-state index contributed by atoms with van der Waals surface area (Å²) < 4.78 is 5.99. The minimum absolute atomic E-state index is 0.179. The van der Waals surface area contributed by atoms with Crippen molar-refractivity contribution in [2.24, 2.45) is 17.3 Å². The number of hydrogen-bond donors (Lipinski definition) is 0. The van der Waals surface area contributed by atoms with Crippen LogP contribution in [-0.2, 0) is 9.53 Å². The molecule has 0 amide bonds. The van der Waals surface area contributed by atoms with E-state index in [0.717, 1.165) is 5.57 Å². The van der Waals surface area contributed by atoms with E-state index in [4.69, 9.17) is 4.74 Å². The Balaban J connectivity index is 2.05. The molecule has 0 bridgehead atoms.